The molecule has 0 aliphatic rings. The molecule has 0 saturated heterocycles. The van der Waals surface area contributed by atoms with Crippen molar-refractivity contribution in [1.29, 1.82) is 0 Å². The summed E-state index contributed by atoms with van der Waals surface area (Å²) in [6, 6.07) is 21.1. The van der Waals surface area contributed by atoms with E-state index < -0.39 is 11.9 Å². The Bertz CT molecular complexity index is 2150. The van der Waals surface area contributed by atoms with E-state index in [4.69, 9.17) is 15.5 Å². The number of nitrogen functional groups attached to an aromatic ring is 1. The summed E-state index contributed by atoms with van der Waals surface area (Å²) in [5, 5.41) is 3.30. The molecule has 1 atom stereocenters. The largest absolute Gasteiger partial charge is 0.491 e. The highest BCUT2D eigenvalue weighted by Crippen LogP contribution is 2.24. The lowest BCUT2D eigenvalue weighted by molar-refractivity contribution is 0.0933. The predicted molar refractivity (Wildman–Crippen MR) is 179 cm³/mol. The number of nitrogens with zero attached hydrogens (tertiary/aromatic N) is 5. The molecule has 0 radical (unpaired) electrons. The molecule has 0 bridgehead atoms. The Balaban J connectivity index is 1.37. The van der Waals surface area contributed by atoms with Crippen LogP contribution in [0.1, 0.15) is 53.6 Å². The Hall–Kier alpha value is -5.86. The second kappa shape index (κ2) is 13.0. The summed E-state index contributed by atoms with van der Waals surface area (Å²) in [6.07, 6.45) is 3.23. The maximum Gasteiger partial charge on any atom is 0.274 e. The zero-order valence-electron chi connectivity index (χ0n) is 25.3. The average molecular weight is 628 g/mol. The van der Waals surface area contributed by atoms with Crippen molar-refractivity contribution >= 4 is 34.0 Å². The highest BCUT2D eigenvalue weighted by atomic mass is 32.1. The third-order valence-electron chi connectivity index (χ3n) is 6.96. The number of ether oxygens (including phenoxy) is 1. The van der Waals surface area contributed by atoms with Crippen molar-refractivity contribution in [3.8, 4) is 34.5 Å². The van der Waals surface area contributed by atoms with Crippen molar-refractivity contribution in [3.05, 3.63) is 123 Å². The standard InChI is InChI=1S/C35H29N7O3S/c1-21(2)45-26-15-12-23(13-16-26)29-19-38-32(36)31(40-29)34(43)39-22(3)33-41-28-11-7-8-24(14-17-27-18-37-20-46-27)30(28)35(44)42(33)25-9-5-4-6-10-25/h4-13,15-16,18-22H,1-3H3,(H2,36,38)(H,39,43). The van der Waals surface area contributed by atoms with Gasteiger partial charge in [0.05, 0.1) is 57.2 Å². The Morgan fingerprint density at radius 2 is 1.74 bits per heavy atom. The average Bonchev–Trinajstić information content (AvgIpc) is 3.58. The number of rotatable bonds is 7. The number of thiazole rings is 1. The van der Waals surface area contributed by atoms with Crippen molar-refractivity contribution in [2.24, 2.45) is 0 Å². The third kappa shape index (κ3) is 6.33. The van der Waals surface area contributed by atoms with E-state index in [0.29, 0.717) is 33.7 Å². The fourth-order valence-electron chi connectivity index (χ4n) is 4.89. The summed E-state index contributed by atoms with van der Waals surface area (Å²) in [5.41, 5.74) is 10.3. The van der Waals surface area contributed by atoms with Gasteiger partial charge in [0.15, 0.2) is 11.5 Å². The van der Waals surface area contributed by atoms with E-state index in [9.17, 15) is 9.59 Å². The Kier molecular flexibility index (Phi) is 8.54. The summed E-state index contributed by atoms with van der Waals surface area (Å²) < 4.78 is 7.22. The first-order valence-electron chi connectivity index (χ1n) is 14.5. The van der Waals surface area contributed by atoms with Gasteiger partial charge < -0.3 is 15.8 Å². The van der Waals surface area contributed by atoms with Crippen molar-refractivity contribution in [2.45, 2.75) is 32.9 Å². The molecular formula is C35H29N7O3S. The lowest BCUT2D eigenvalue weighted by Crippen LogP contribution is -2.34. The van der Waals surface area contributed by atoms with Crippen LogP contribution >= 0.6 is 11.3 Å². The molecule has 0 aliphatic heterocycles. The first-order chi connectivity index (χ1) is 22.3. The molecule has 1 amide bonds. The number of fused-ring (bicyclic) bond motifs is 1. The van der Waals surface area contributed by atoms with Gasteiger partial charge in [-0.15, -0.1) is 11.3 Å². The smallest absolute Gasteiger partial charge is 0.274 e. The number of benzene rings is 3. The fourth-order valence-corrected chi connectivity index (χ4v) is 5.35. The SMILES string of the molecule is CC(C)Oc1ccc(-c2cnc(N)c(C(=O)NC(C)c3nc4cccc(C#Cc5cncs5)c4c(=O)n3-c3ccccc3)n2)cc1. The number of anilines is 1. The van der Waals surface area contributed by atoms with Crippen molar-refractivity contribution in [2.75, 3.05) is 5.73 Å². The molecule has 0 fully saturated rings. The zero-order chi connectivity index (χ0) is 32.2. The molecule has 3 heterocycles. The Labute approximate surface area is 269 Å². The number of nitrogens with two attached hydrogens (primary N) is 1. The summed E-state index contributed by atoms with van der Waals surface area (Å²) in [6.45, 7) is 5.66. The quantitative estimate of drug-likeness (QED) is 0.220. The summed E-state index contributed by atoms with van der Waals surface area (Å²) in [5.74, 6) is 6.65. The Morgan fingerprint density at radius 3 is 2.46 bits per heavy atom. The van der Waals surface area contributed by atoms with Crippen molar-refractivity contribution < 1.29 is 9.53 Å². The minimum Gasteiger partial charge on any atom is -0.491 e. The maximum absolute atomic E-state index is 14.2. The maximum atomic E-state index is 14.2. The van der Waals surface area contributed by atoms with Crippen molar-refractivity contribution in [1.82, 2.24) is 29.8 Å². The van der Waals surface area contributed by atoms with Gasteiger partial charge in [-0.25, -0.2) is 15.0 Å². The zero-order valence-corrected chi connectivity index (χ0v) is 26.1. The van der Waals surface area contributed by atoms with Gasteiger partial charge in [0.1, 0.15) is 11.6 Å². The highest BCUT2D eigenvalue weighted by molar-refractivity contribution is 7.10. The molecule has 0 aliphatic carbocycles. The molecule has 46 heavy (non-hydrogen) atoms. The first-order valence-corrected chi connectivity index (χ1v) is 15.4. The third-order valence-corrected chi connectivity index (χ3v) is 7.65. The van der Waals surface area contributed by atoms with Gasteiger partial charge in [-0.3, -0.25) is 19.1 Å². The minimum absolute atomic E-state index is 0.0238. The van der Waals surface area contributed by atoms with Crippen LogP contribution in [0, 0.1) is 11.8 Å². The fraction of sp³-hybridized carbons (Fsp3) is 0.143. The van der Waals surface area contributed by atoms with Gasteiger partial charge in [-0.1, -0.05) is 30.2 Å². The van der Waals surface area contributed by atoms with Crippen LogP contribution in [-0.4, -0.2) is 36.5 Å². The van der Waals surface area contributed by atoms with Crippen LogP contribution in [0.2, 0.25) is 0 Å². The van der Waals surface area contributed by atoms with E-state index in [2.05, 4.69) is 32.1 Å². The Morgan fingerprint density at radius 1 is 0.957 bits per heavy atom. The molecule has 3 aromatic heterocycles. The first kappa shape index (κ1) is 30.2. The van der Waals surface area contributed by atoms with Gasteiger partial charge >= 0.3 is 0 Å². The van der Waals surface area contributed by atoms with Gasteiger partial charge in [-0.05, 0) is 75.2 Å². The number of hydrogen-bond acceptors (Lipinski definition) is 9. The minimum atomic E-state index is -0.728. The molecule has 1 unspecified atom stereocenters. The predicted octanol–water partition coefficient (Wildman–Crippen LogP) is 5.56. The van der Waals surface area contributed by atoms with Gasteiger partial charge in [0.2, 0.25) is 0 Å². The van der Waals surface area contributed by atoms with Gasteiger partial charge in [-0.2, -0.15) is 0 Å². The molecule has 0 spiro atoms. The van der Waals surface area contributed by atoms with Crippen molar-refractivity contribution in [3.63, 3.8) is 0 Å². The van der Waals surface area contributed by atoms with Crippen LogP contribution < -0.4 is 21.3 Å². The molecule has 228 valence electrons. The van der Waals surface area contributed by atoms with Crippen LogP contribution in [0.25, 0.3) is 27.8 Å². The summed E-state index contributed by atoms with van der Waals surface area (Å²) in [4.78, 5) is 46.3. The van der Waals surface area contributed by atoms with Crippen LogP contribution in [0.15, 0.2) is 95.5 Å². The van der Waals surface area contributed by atoms with Crippen LogP contribution in [0.5, 0.6) is 5.75 Å². The number of aromatic nitrogens is 5. The van der Waals surface area contributed by atoms with Crippen LogP contribution in [0.3, 0.4) is 0 Å². The molecule has 6 rings (SSSR count). The number of amides is 1. The molecule has 3 aromatic carbocycles. The number of hydrogen-bond donors (Lipinski definition) is 2. The van der Waals surface area contributed by atoms with Crippen LogP contribution in [-0.2, 0) is 0 Å². The lowest BCUT2D eigenvalue weighted by Gasteiger charge is -2.20. The van der Waals surface area contributed by atoms with Gasteiger partial charge in [0.25, 0.3) is 11.5 Å². The molecule has 6 aromatic rings. The molecular weight excluding hydrogens is 598 g/mol. The molecule has 11 heteroatoms. The number of carbonyl (C=O) groups is 1. The van der Waals surface area contributed by atoms with E-state index >= 15 is 0 Å². The number of para-hydroxylation sites is 1. The second-order valence-electron chi connectivity index (χ2n) is 10.6. The van der Waals surface area contributed by atoms with E-state index in [0.717, 1.165) is 16.2 Å². The van der Waals surface area contributed by atoms with E-state index in [1.807, 2.05) is 68.4 Å². The number of nitrogens with one attached hydrogen (secondary N) is 1. The number of carbonyl (C=O) groups excluding carboxylic acids is 1. The normalized spacial score (nSPS) is 11.6. The molecule has 0 saturated carbocycles. The lowest BCUT2D eigenvalue weighted by atomic mass is 10.1. The monoisotopic (exact) mass is 627 g/mol. The second-order valence-corrected chi connectivity index (χ2v) is 11.5. The summed E-state index contributed by atoms with van der Waals surface area (Å²) >= 11 is 1.42. The van der Waals surface area contributed by atoms with E-state index in [1.54, 1.807) is 36.8 Å². The van der Waals surface area contributed by atoms with E-state index in [-0.39, 0.29) is 23.2 Å². The highest BCUT2D eigenvalue weighted by Gasteiger charge is 2.23. The summed E-state index contributed by atoms with van der Waals surface area (Å²) in [7, 11) is 0. The topological polar surface area (TPSA) is 138 Å². The molecule has 3 N–H and O–H groups in total. The van der Waals surface area contributed by atoms with E-state index in [1.165, 1.54) is 22.1 Å². The van der Waals surface area contributed by atoms with Crippen LogP contribution in [0.4, 0.5) is 5.82 Å². The molecule has 10 nitrogen and oxygen atoms in total. The van der Waals surface area contributed by atoms with Gasteiger partial charge in [0, 0.05) is 11.1 Å².